The van der Waals surface area contributed by atoms with Crippen molar-refractivity contribution in [3.63, 3.8) is 0 Å². The summed E-state index contributed by atoms with van der Waals surface area (Å²) in [7, 11) is 1.84. The van der Waals surface area contributed by atoms with Crippen molar-refractivity contribution >= 4 is 17.5 Å². The summed E-state index contributed by atoms with van der Waals surface area (Å²) >= 11 is 0. The Morgan fingerprint density at radius 1 is 1.20 bits per heavy atom. The average molecular weight is 402 g/mol. The fourth-order valence-corrected chi connectivity index (χ4v) is 4.57. The van der Waals surface area contributed by atoms with Crippen molar-refractivity contribution in [1.29, 1.82) is 5.26 Å². The lowest BCUT2D eigenvalue weighted by Gasteiger charge is -2.38. The van der Waals surface area contributed by atoms with Gasteiger partial charge in [0.15, 0.2) is 0 Å². The number of rotatable bonds is 4. The van der Waals surface area contributed by atoms with Crippen molar-refractivity contribution < 1.29 is 5.11 Å². The van der Waals surface area contributed by atoms with Crippen LogP contribution in [0.1, 0.15) is 31.2 Å². The molecule has 2 saturated heterocycles. The topological polar surface area (TPSA) is 116 Å². The predicted molar refractivity (Wildman–Crippen MR) is 111 cm³/mol. The highest BCUT2D eigenvalue weighted by Crippen LogP contribution is 2.40. The van der Waals surface area contributed by atoms with Crippen LogP contribution in [0, 0.1) is 11.3 Å². The monoisotopic (exact) mass is 402 g/mol. The Morgan fingerprint density at radius 3 is 2.70 bits per heavy atom. The Balaban J connectivity index is 1.44. The second-order valence-electron chi connectivity index (χ2n) is 7.92. The van der Waals surface area contributed by atoms with E-state index in [4.69, 9.17) is 0 Å². The average Bonchev–Trinajstić information content (AvgIpc) is 3.27. The van der Waals surface area contributed by atoms with Crippen molar-refractivity contribution in [2.24, 2.45) is 7.05 Å². The van der Waals surface area contributed by atoms with Gasteiger partial charge in [-0.25, -0.2) is 15.0 Å². The Hall–Kier alpha value is -3.51. The van der Waals surface area contributed by atoms with E-state index in [2.05, 4.69) is 36.3 Å². The highest BCUT2D eigenvalue weighted by molar-refractivity contribution is 5.67. The van der Waals surface area contributed by atoms with E-state index in [1.54, 1.807) is 29.3 Å². The molecule has 5 rings (SSSR count). The minimum absolute atomic E-state index is 0.249. The number of hydrogen-bond donors (Lipinski definition) is 2. The summed E-state index contributed by atoms with van der Waals surface area (Å²) in [6.45, 7) is 0. The number of anilines is 3. The molecule has 2 fully saturated rings. The van der Waals surface area contributed by atoms with Crippen LogP contribution in [0.15, 0.2) is 36.9 Å². The Morgan fingerprint density at radius 2 is 2.00 bits per heavy atom. The third kappa shape index (κ3) is 3.35. The SMILES string of the molecule is Cn1cc(Nc2nccc(-c3cnc(N4C5CCC4CC(O)C5)c(C#N)c3)n2)cn1. The van der Waals surface area contributed by atoms with Gasteiger partial charge < -0.3 is 15.3 Å². The third-order valence-corrected chi connectivity index (χ3v) is 5.85. The number of aromatic nitrogens is 5. The number of fused-ring (bicyclic) bond motifs is 2. The maximum Gasteiger partial charge on any atom is 0.227 e. The van der Waals surface area contributed by atoms with E-state index in [-0.39, 0.29) is 18.2 Å². The summed E-state index contributed by atoms with van der Waals surface area (Å²) < 4.78 is 1.70. The normalized spacial score (nSPS) is 22.7. The number of pyridine rings is 1. The Kier molecular flexibility index (Phi) is 4.56. The van der Waals surface area contributed by atoms with Crippen LogP contribution >= 0.6 is 0 Å². The van der Waals surface area contributed by atoms with Crippen LogP contribution < -0.4 is 10.2 Å². The molecule has 0 amide bonds. The molecule has 9 heteroatoms. The number of hydrogen-bond acceptors (Lipinski definition) is 8. The molecule has 2 unspecified atom stereocenters. The van der Waals surface area contributed by atoms with E-state index in [1.165, 1.54) is 0 Å². The molecule has 2 atom stereocenters. The molecule has 2 aliphatic heterocycles. The fraction of sp³-hybridized carbons (Fsp3) is 0.381. The van der Waals surface area contributed by atoms with Gasteiger partial charge in [0.2, 0.25) is 5.95 Å². The van der Waals surface area contributed by atoms with Crippen molar-refractivity contribution in [1.82, 2.24) is 24.7 Å². The molecular formula is C21H22N8O. The van der Waals surface area contributed by atoms with E-state index >= 15 is 0 Å². The standard InChI is InChI=1S/C21H22N8O/c1-28-12-15(11-25-28)26-21-23-5-4-19(27-21)14-6-13(9-22)20(24-10-14)29-16-2-3-17(29)8-18(30)7-16/h4-6,10-12,16-18,30H,2-3,7-8H2,1H3,(H,23,26,27). The van der Waals surface area contributed by atoms with Crippen LogP contribution in [-0.2, 0) is 7.05 Å². The number of piperidine rings is 1. The molecule has 0 saturated carbocycles. The molecular weight excluding hydrogens is 380 g/mol. The molecule has 5 heterocycles. The van der Waals surface area contributed by atoms with E-state index in [0.717, 1.165) is 36.9 Å². The molecule has 2 aliphatic rings. The number of aliphatic hydroxyl groups is 1. The third-order valence-electron chi connectivity index (χ3n) is 5.85. The van der Waals surface area contributed by atoms with Gasteiger partial charge >= 0.3 is 0 Å². The largest absolute Gasteiger partial charge is 0.393 e. The first-order valence-electron chi connectivity index (χ1n) is 10.1. The van der Waals surface area contributed by atoms with E-state index in [9.17, 15) is 10.4 Å². The van der Waals surface area contributed by atoms with Gasteiger partial charge in [-0.1, -0.05) is 0 Å². The molecule has 9 nitrogen and oxygen atoms in total. The fourth-order valence-electron chi connectivity index (χ4n) is 4.57. The van der Waals surface area contributed by atoms with Crippen LogP contribution in [0.4, 0.5) is 17.5 Å². The number of aryl methyl sites for hydroxylation is 1. The van der Waals surface area contributed by atoms with Gasteiger partial charge in [0, 0.05) is 43.3 Å². The summed E-state index contributed by atoms with van der Waals surface area (Å²) in [6.07, 6.45) is 10.3. The van der Waals surface area contributed by atoms with Gasteiger partial charge in [0.1, 0.15) is 11.9 Å². The van der Waals surface area contributed by atoms with Gasteiger partial charge in [0.05, 0.1) is 29.2 Å². The van der Waals surface area contributed by atoms with Crippen molar-refractivity contribution in [2.45, 2.75) is 43.9 Å². The number of nitrogens with zero attached hydrogens (tertiary/aromatic N) is 7. The van der Waals surface area contributed by atoms with E-state index < -0.39 is 0 Å². The molecule has 152 valence electrons. The van der Waals surface area contributed by atoms with Gasteiger partial charge in [-0.3, -0.25) is 4.68 Å². The molecule has 2 N–H and O–H groups in total. The second-order valence-corrected chi connectivity index (χ2v) is 7.92. The Bertz CT molecular complexity index is 1110. The van der Waals surface area contributed by atoms with Crippen molar-refractivity contribution in [3.05, 3.63) is 42.5 Å². The molecule has 0 aromatic carbocycles. The minimum Gasteiger partial charge on any atom is -0.393 e. The van der Waals surface area contributed by atoms with Crippen molar-refractivity contribution in [3.8, 4) is 17.3 Å². The molecule has 0 aliphatic carbocycles. The first-order valence-corrected chi connectivity index (χ1v) is 10.1. The van der Waals surface area contributed by atoms with Crippen LogP contribution in [0.25, 0.3) is 11.3 Å². The van der Waals surface area contributed by atoms with Gasteiger partial charge in [-0.05, 0) is 37.8 Å². The smallest absolute Gasteiger partial charge is 0.227 e. The molecule has 2 bridgehead atoms. The molecule has 0 spiro atoms. The molecule has 30 heavy (non-hydrogen) atoms. The summed E-state index contributed by atoms with van der Waals surface area (Å²) in [5.41, 5.74) is 2.77. The first-order chi connectivity index (χ1) is 14.6. The minimum atomic E-state index is -0.254. The summed E-state index contributed by atoms with van der Waals surface area (Å²) in [5, 5.41) is 27.1. The zero-order valence-corrected chi connectivity index (χ0v) is 16.6. The zero-order valence-electron chi connectivity index (χ0n) is 16.6. The van der Waals surface area contributed by atoms with Crippen LogP contribution in [-0.4, -0.2) is 48.0 Å². The molecule has 3 aromatic rings. The predicted octanol–water partition coefficient (Wildman–Crippen LogP) is 2.38. The summed E-state index contributed by atoms with van der Waals surface area (Å²) in [5.74, 6) is 1.16. The van der Waals surface area contributed by atoms with Crippen molar-refractivity contribution in [2.75, 3.05) is 10.2 Å². The second kappa shape index (κ2) is 7.39. The summed E-state index contributed by atoms with van der Waals surface area (Å²) in [4.78, 5) is 15.7. The van der Waals surface area contributed by atoms with Crippen LogP contribution in [0.3, 0.4) is 0 Å². The first kappa shape index (κ1) is 18.5. The zero-order chi connectivity index (χ0) is 20.7. The van der Waals surface area contributed by atoms with Crippen LogP contribution in [0.2, 0.25) is 0 Å². The van der Waals surface area contributed by atoms with Gasteiger partial charge in [-0.15, -0.1) is 0 Å². The highest BCUT2D eigenvalue weighted by atomic mass is 16.3. The molecule has 3 aromatic heterocycles. The van der Waals surface area contributed by atoms with E-state index in [0.29, 0.717) is 23.0 Å². The number of nitriles is 1. The lowest BCUT2D eigenvalue weighted by molar-refractivity contribution is 0.126. The molecule has 0 radical (unpaired) electrons. The van der Waals surface area contributed by atoms with Crippen LogP contribution in [0.5, 0.6) is 0 Å². The number of nitrogens with one attached hydrogen (secondary N) is 1. The lowest BCUT2D eigenvalue weighted by Crippen LogP contribution is -2.45. The quantitative estimate of drug-likeness (QED) is 0.683. The van der Waals surface area contributed by atoms with Gasteiger partial charge in [-0.2, -0.15) is 10.4 Å². The maximum absolute atomic E-state index is 10.1. The van der Waals surface area contributed by atoms with Gasteiger partial charge in [0.25, 0.3) is 0 Å². The Labute approximate surface area is 174 Å². The lowest BCUT2D eigenvalue weighted by atomic mass is 9.99. The number of aliphatic hydroxyl groups excluding tert-OH is 1. The summed E-state index contributed by atoms with van der Waals surface area (Å²) in [6, 6.07) is 6.44. The van der Waals surface area contributed by atoms with E-state index in [1.807, 2.05) is 19.3 Å². The maximum atomic E-state index is 10.1. The highest BCUT2D eigenvalue weighted by Gasteiger charge is 2.41.